The van der Waals surface area contributed by atoms with Crippen LogP contribution in [0.3, 0.4) is 0 Å². The summed E-state index contributed by atoms with van der Waals surface area (Å²) in [5.74, 6) is 2.74. The number of benzene rings is 1. The molecule has 150 valence electrons. The van der Waals surface area contributed by atoms with E-state index in [1.807, 2.05) is 25.3 Å². The van der Waals surface area contributed by atoms with Crippen LogP contribution in [-0.2, 0) is 0 Å². The molecule has 2 aliphatic heterocycles. The van der Waals surface area contributed by atoms with E-state index in [1.54, 1.807) is 0 Å². The number of nitrogen functional groups attached to an aromatic ring is 1. The lowest BCUT2D eigenvalue weighted by atomic mass is 10.0. The number of hydrogen-bond donors (Lipinski definition) is 2. The van der Waals surface area contributed by atoms with E-state index in [9.17, 15) is 0 Å². The number of aryl methyl sites for hydroxylation is 1. The van der Waals surface area contributed by atoms with Crippen LogP contribution in [0, 0.1) is 6.92 Å². The average molecular weight is 390 g/mol. The summed E-state index contributed by atoms with van der Waals surface area (Å²) in [6, 6.07) is 10.8. The van der Waals surface area contributed by atoms with Crippen molar-refractivity contribution in [3.8, 4) is 16.8 Å². The number of likely N-dealkylation sites (N-methyl/N-ethyl adjacent to an activating group) is 1. The van der Waals surface area contributed by atoms with E-state index in [0.717, 1.165) is 48.1 Å². The van der Waals surface area contributed by atoms with Crippen molar-refractivity contribution in [3.63, 3.8) is 0 Å². The molecule has 5 rings (SSSR count). The molecule has 1 fully saturated rings. The molecule has 0 radical (unpaired) electrons. The molecule has 1 aromatic carbocycles. The number of pyridine rings is 1. The highest BCUT2D eigenvalue weighted by Crippen LogP contribution is 2.38. The van der Waals surface area contributed by atoms with E-state index in [-0.39, 0.29) is 5.92 Å². The molecule has 0 bridgehead atoms. The number of hydrogen-bond acceptors (Lipinski definition) is 7. The van der Waals surface area contributed by atoms with Crippen LogP contribution >= 0.6 is 0 Å². The quantitative estimate of drug-likeness (QED) is 0.691. The summed E-state index contributed by atoms with van der Waals surface area (Å²) in [5, 5.41) is 11.0. The number of rotatable bonds is 2. The topological polar surface area (TPSA) is 88.1 Å². The summed E-state index contributed by atoms with van der Waals surface area (Å²) in [4.78, 5) is 6.80. The normalized spacial score (nSPS) is 21.7. The molecule has 8 nitrogen and oxygen atoms in total. The maximum atomic E-state index is 5.78. The molecule has 0 aliphatic carbocycles. The number of nitrogens with two attached hydrogens (primary N) is 1. The first-order valence-corrected chi connectivity index (χ1v) is 10.0. The van der Waals surface area contributed by atoms with E-state index >= 15 is 0 Å². The third-order valence-electron chi connectivity index (χ3n) is 5.93. The Kier molecular flexibility index (Phi) is 4.25. The van der Waals surface area contributed by atoms with Crippen molar-refractivity contribution in [1.29, 1.82) is 0 Å². The van der Waals surface area contributed by atoms with Crippen molar-refractivity contribution in [2.24, 2.45) is 0 Å². The minimum atomic E-state index is 0.274. The Morgan fingerprint density at radius 3 is 2.62 bits per heavy atom. The number of aromatic nitrogens is 4. The third kappa shape index (κ3) is 3.04. The summed E-state index contributed by atoms with van der Waals surface area (Å²) in [7, 11) is 2.09. The van der Waals surface area contributed by atoms with Gasteiger partial charge < -0.3 is 10.6 Å². The summed E-state index contributed by atoms with van der Waals surface area (Å²) < 4.78 is 2.21. The van der Waals surface area contributed by atoms with Crippen molar-refractivity contribution in [2.75, 3.05) is 37.3 Å². The Labute approximate surface area is 170 Å². The first-order valence-electron chi connectivity index (χ1n) is 10.0. The van der Waals surface area contributed by atoms with Crippen molar-refractivity contribution >= 4 is 11.5 Å². The molecule has 1 unspecified atom stereocenters. The van der Waals surface area contributed by atoms with Gasteiger partial charge in [0.05, 0.1) is 17.4 Å². The Bertz CT molecular complexity index is 1040. The standard InChI is InChI=1S/C21H26N8/c1-13-11-28(17-10-24-27(3)12-17)19-8-15(16-5-7-20(22)23-9-16)4-6-18(19)29-14(2)25-26-21(13)29/h4-9,13,17,24H,10-12H2,1-3H3,(H2,22,23)/t13-,17?/m1/s1. The zero-order chi connectivity index (χ0) is 20.1. The number of nitrogens with one attached hydrogen (secondary N) is 1. The van der Waals surface area contributed by atoms with Gasteiger partial charge in [0.15, 0.2) is 0 Å². The van der Waals surface area contributed by atoms with Gasteiger partial charge in [0.1, 0.15) is 17.5 Å². The van der Waals surface area contributed by atoms with Crippen LogP contribution in [-0.4, -0.2) is 57.5 Å². The lowest BCUT2D eigenvalue weighted by molar-refractivity contribution is 0.313. The molecule has 2 aromatic heterocycles. The molecule has 0 saturated carbocycles. The Hall–Kier alpha value is -2.97. The average Bonchev–Trinajstić information content (AvgIpc) is 3.29. The SMILES string of the molecule is Cc1nnc2n1-c1ccc(-c3ccc(N)nc3)cc1N(C1CNN(C)C1)C[C@H]2C. The van der Waals surface area contributed by atoms with Crippen LogP contribution in [0.1, 0.15) is 24.5 Å². The predicted molar refractivity (Wildman–Crippen MR) is 114 cm³/mol. The van der Waals surface area contributed by atoms with Crippen LogP contribution in [0.25, 0.3) is 16.8 Å². The minimum Gasteiger partial charge on any atom is -0.384 e. The van der Waals surface area contributed by atoms with Crippen LogP contribution in [0.2, 0.25) is 0 Å². The molecular weight excluding hydrogens is 364 g/mol. The van der Waals surface area contributed by atoms with Crippen LogP contribution in [0.15, 0.2) is 36.5 Å². The highest BCUT2D eigenvalue weighted by molar-refractivity contribution is 5.75. The maximum Gasteiger partial charge on any atom is 0.142 e. The summed E-state index contributed by atoms with van der Waals surface area (Å²) in [6.07, 6.45) is 1.83. The Morgan fingerprint density at radius 2 is 1.90 bits per heavy atom. The molecule has 0 spiro atoms. The molecule has 1 saturated heterocycles. The molecule has 0 amide bonds. The first kappa shape index (κ1) is 18.1. The molecule has 29 heavy (non-hydrogen) atoms. The predicted octanol–water partition coefficient (Wildman–Crippen LogP) is 1.96. The number of hydrazine groups is 1. The van der Waals surface area contributed by atoms with Gasteiger partial charge in [0.25, 0.3) is 0 Å². The fourth-order valence-corrected chi connectivity index (χ4v) is 4.43. The summed E-state index contributed by atoms with van der Waals surface area (Å²) in [5.41, 5.74) is 13.7. The molecular formula is C21H26N8. The second-order valence-corrected chi connectivity index (χ2v) is 8.07. The minimum absolute atomic E-state index is 0.274. The molecule has 3 aromatic rings. The van der Waals surface area contributed by atoms with Gasteiger partial charge in [-0.1, -0.05) is 13.0 Å². The lowest BCUT2D eigenvalue weighted by Gasteiger charge is -2.32. The van der Waals surface area contributed by atoms with Crippen LogP contribution in [0.4, 0.5) is 11.5 Å². The van der Waals surface area contributed by atoms with Gasteiger partial charge in [0.2, 0.25) is 0 Å². The second-order valence-electron chi connectivity index (χ2n) is 8.07. The molecule has 2 aliphatic rings. The first-order chi connectivity index (χ1) is 14.0. The third-order valence-corrected chi connectivity index (χ3v) is 5.93. The van der Waals surface area contributed by atoms with E-state index in [1.165, 1.54) is 5.69 Å². The van der Waals surface area contributed by atoms with Gasteiger partial charge in [-0.2, -0.15) is 0 Å². The van der Waals surface area contributed by atoms with E-state index in [4.69, 9.17) is 5.73 Å². The van der Waals surface area contributed by atoms with Gasteiger partial charge in [-0.3, -0.25) is 9.99 Å². The van der Waals surface area contributed by atoms with E-state index in [2.05, 4.69) is 67.3 Å². The highest BCUT2D eigenvalue weighted by atomic mass is 15.5. The zero-order valence-electron chi connectivity index (χ0n) is 17.0. The number of anilines is 2. The Morgan fingerprint density at radius 1 is 1.07 bits per heavy atom. The second kappa shape index (κ2) is 6.82. The fraction of sp³-hybridized carbons (Fsp3) is 0.381. The van der Waals surface area contributed by atoms with Crippen molar-refractivity contribution in [1.82, 2.24) is 30.2 Å². The largest absolute Gasteiger partial charge is 0.384 e. The number of fused-ring (bicyclic) bond motifs is 3. The van der Waals surface area contributed by atoms with Gasteiger partial charge in [-0.25, -0.2) is 9.99 Å². The van der Waals surface area contributed by atoms with Crippen molar-refractivity contribution in [2.45, 2.75) is 25.8 Å². The fourth-order valence-electron chi connectivity index (χ4n) is 4.43. The summed E-state index contributed by atoms with van der Waals surface area (Å²) in [6.45, 7) is 7.05. The van der Waals surface area contributed by atoms with Crippen molar-refractivity contribution in [3.05, 3.63) is 48.2 Å². The van der Waals surface area contributed by atoms with Crippen LogP contribution in [0.5, 0.6) is 0 Å². The highest BCUT2D eigenvalue weighted by Gasteiger charge is 2.33. The van der Waals surface area contributed by atoms with Gasteiger partial charge >= 0.3 is 0 Å². The van der Waals surface area contributed by atoms with Gasteiger partial charge in [0, 0.05) is 44.4 Å². The number of nitrogens with zero attached hydrogens (tertiary/aromatic N) is 6. The van der Waals surface area contributed by atoms with Crippen molar-refractivity contribution < 1.29 is 0 Å². The lowest BCUT2D eigenvalue weighted by Crippen LogP contribution is -2.41. The molecule has 3 N–H and O–H groups in total. The smallest absolute Gasteiger partial charge is 0.142 e. The van der Waals surface area contributed by atoms with Gasteiger partial charge in [-0.15, -0.1) is 10.2 Å². The Balaban J connectivity index is 1.67. The van der Waals surface area contributed by atoms with E-state index < -0.39 is 0 Å². The monoisotopic (exact) mass is 390 g/mol. The maximum absolute atomic E-state index is 5.78. The molecule has 2 atom stereocenters. The van der Waals surface area contributed by atoms with Crippen LogP contribution < -0.4 is 16.1 Å². The zero-order valence-corrected chi connectivity index (χ0v) is 17.0. The van der Waals surface area contributed by atoms with Gasteiger partial charge in [-0.05, 0) is 36.8 Å². The van der Waals surface area contributed by atoms with E-state index in [0.29, 0.717) is 11.9 Å². The molecule has 8 heteroatoms. The summed E-state index contributed by atoms with van der Waals surface area (Å²) >= 11 is 0. The molecule has 4 heterocycles.